The van der Waals surface area contributed by atoms with E-state index >= 15 is 0 Å². The summed E-state index contributed by atoms with van der Waals surface area (Å²) in [6, 6.07) is 13.1. The first-order chi connectivity index (χ1) is 13.2. The fourth-order valence-electron chi connectivity index (χ4n) is 3.07. The molecule has 0 unspecified atom stereocenters. The molecule has 1 aliphatic rings. The van der Waals surface area contributed by atoms with Gasteiger partial charge in [0.25, 0.3) is 0 Å². The number of benzene rings is 1. The highest BCUT2D eigenvalue weighted by Gasteiger charge is 2.27. The van der Waals surface area contributed by atoms with Gasteiger partial charge in [-0.15, -0.1) is 0 Å². The molecule has 2 aromatic heterocycles. The Morgan fingerprint density at radius 3 is 3.00 bits per heavy atom. The number of ether oxygens (including phenoxy) is 2. The number of rotatable bonds is 5. The monoisotopic (exact) mass is 365 g/mol. The normalized spacial score (nSPS) is 15.5. The SMILES string of the molecule is COc1cccc2c1OC[C@@H](C(=O)NCc1cc(-c3ccccn3)no1)C2. The summed E-state index contributed by atoms with van der Waals surface area (Å²) in [6.45, 7) is 0.578. The second-order valence-corrected chi connectivity index (χ2v) is 6.27. The molecule has 4 rings (SSSR count). The minimum absolute atomic E-state index is 0.0840. The van der Waals surface area contributed by atoms with Crippen molar-refractivity contribution in [2.75, 3.05) is 13.7 Å². The predicted octanol–water partition coefficient (Wildman–Crippen LogP) is 2.61. The summed E-state index contributed by atoms with van der Waals surface area (Å²) in [6.07, 6.45) is 2.30. The summed E-state index contributed by atoms with van der Waals surface area (Å²) in [7, 11) is 1.61. The molecule has 3 aromatic rings. The van der Waals surface area contributed by atoms with Crippen molar-refractivity contribution < 1.29 is 18.8 Å². The van der Waals surface area contributed by atoms with Crippen LogP contribution in [0.25, 0.3) is 11.4 Å². The lowest BCUT2D eigenvalue weighted by Gasteiger charge is -2.25. The Labute approximate surface area is 156 Å². The average molecular weight is 365 g/mol. The van der Waals surface area contributed by atoms with Crippen molar-refractivity contribution in [2.45, 2.75) is 13.0 Å². The summed E-state index contributed by atoms with van der Waals surface area (Å²) in [5, 5.41) is 6.89. The summed E-state index contributed by atoms with van der Waals surface area (Å²) >= 11 is 0. The minimum atomic E-state index is -0.261. The number of carbonyl (C=O) groups excluding carboxylic acids is 1. The molecule has 0 saturated carbocycles. The molecule has 0 aliphatic carbocycles. The summed E-state index contributed by atoms with van der Waals surface area (Å²) in [5.74, 6) is 1.64. The average Bonchev–Trinajstić information content (AvgIpc) is 3.21. The van der Waals surface area contributed by atoms with Gasteiger partial charge in [0.1, 0.15) is 12.3 Å². The van der Waals surface area contributed by atoms with Gasteiger partial charge in [-0.05, 0) is 30.2 Å². The van der Waals surface area contributed by atoms with Gasteiger partial charge in [0.05, 0.1) is 25.3 Å². The molecular weight excluding hydrogens is 346 g/mol. The van der Waals surface area contributed by atoms with Crippen LogP contribution in [0, 0.1) is 5.92 Å². The molecule has 0 spiro atoms. The molecule has 138 valence electrons. The quantitative estimate of drug-likeness (QED) is 0.748. The highest BCUT2D eigenvalue weighted by Crippen LogP contribution is 2.36. The number of hydrogen-bond acceptors (Lipinski definition) is 6. The third-order valence-electron chi connectivity index (χ3n) is 4.47. The zero-order chi connectivity index (χ0) is 18.6. The number of pyridine rings is 1. The standard InChI is InChI=1S/C20H19N3O4/c1-25-18-7-4-5-13-9-14(12-26-19(13)18)20(24)22-11-15-10-17(23-27-15)16-6-2-3-8-21-16/h2-8,10,14H,9,11-12H2,1H3,(H,22,24)/t14-/m0/s1. The third-order valence-corrected chi connectivity index (χ3v) is 4.47. The molecule has 0 fully saturated rings. The second kappa shape index (κ2) is 7.49. The maximum atomic E-state index is 12.5. The maximum Gasteiger partial charge on any atom is 0.227 e. The maximum absolute atomic E-state index is 12.5. The van der Waals surface area contributed by atoms with E-state index in [2.05, 4.69) is 15.5 Å². The summed E-state index contributed by atoms with van der Waals surface area (Å²) in [5.41, 5.74) is 2.34. The lowest BCUT2D eigenvalue weighted by Crippen LogP contribution is -2.37. The summed E-state index contributed by atoms with van der Waals surface area (Å²) < 4.78 is 16.4. The summed E-state index contributed by atoms with van der Waals surface area (Å²) in [4.78, 5) is 16.7. The van der Waals surface area contributed by atoms with Gasteiger partial charge in [-0.2, -0.15) is 0 Å². The minimum Gasteiger partial charge on any atom is -0.493 e. The van der Waals surface area contributed by atoms with E-state index in [1.165, 1.54) is 0 Å². The van der Waals surface area contributed by atoms with E-state index in [1.807, 2.05) is 36.4 Å². The molecule has 1 aromatic carbocycles. The molecule has 3 heterocycles. The number of aromatic nitrogens is 2. The van der Waals surface area contributed by atoms with Crippen LogP contribution in [0.3, 0.4) is 0 Å². The largest absolute Gasteiger partial charge is 0.493 e. The Morgan fingerprint density at radius 1 is 1.26 bits per heavy atom. The molecule has 1 atom stereocenters. The fraction of sp³-hybridized carbons (Fsp3) is 0.250. The highest BCUT2D eigenvalue weighted by molar-refractivity contribution is 5.79. The van der Waals surface area contributed by atoms with Crippen molar-refractivity contribution in [1.82, 2.24) is 15.5 Å². The Bertz CT molecular complexity index is 939. The fourth-order valence-corrected chi connectivity index (χ4v) is 3.07. The number of hydrogen-bond donors (Lipinski definition) is 1. The van der Waals surface area contributed by atoms with Gasteiger partial charge in [-0.1, -0.05) is 23.4 Å². The molecule has 0 bridgehead atoms. The molecule has 0 saturated heterocycles. The lowest BCUT2D eigenvalue weighted by atomic mass is 9.95. The van der Waals surface area contributed by atoms with Gasteiger partial charge in [-0.3, -0.25) is 9.78 Å². The Balaban J connectivity index is 1.37. The number of amides is 1. The number of fused-ring (bicyclic) bond motifs is 1. The van der Waals surface area contributed by atoms with Crippen LogP contribution >= 0.6 is 0 Å². The van der Waals surface area contributed by atoms with Gasteiger partial charge in [-0.25, -0.2) is 0 Å². The zero-order valence-corrected chi connectivity index (χ0v) is 14.8. The van der Waals surface area contributed by atoms with Crippen LogP contribution in [0.4, 0.5) is 0 Å². The Hall–Kier alpha value is -3.35. The smallest absolute Gasteiger partial charge is 0.227 e. The van der Waals surface area contributed by atoms with Crippen molar-refractivity contribution in [1.29, 1.82) is 0 Å². The van der Waals surface area contributed by atoms with Crippen LogP contribution in [-0.2, 0) is 17.8 Å². The predicted molar refractivity (Wildman–Crippen MR) is 97.3 cm³/mol. The molecule has 7 heteroatoms. The van der Waals surface area contributed by atoms with Crippen molar-refractivity contribution in [3.8, 4) is 22.9 Å². The molecule has 1 aliphatic heterocycles. The van der Waals surface area contributed by atoms with E-state index in [-0.39, 0.29) is 18.4 Å². The van der Waals surface area contributed by atoms with Gasteiger partial charge in [0.2, 0.25) is 5.91 Å². The molecule has 1 amide bonds. The second-order valence-electron chi connectivity index (χ2n) is 6.27. The van der Waals surface area contributed by atoms with E-state index in [0.717, 1.165) is 17.0 Å². The van der Waals surface area contributed by atoms with E-state index < -0.39 is 0 Å². The number of nitrogens with zero attached hydrogens (tertiary/aromatic N) is 2. The van der Waals surface area contributed by atoms with Crippen molar-refractivity contribution in [2.24, 2.45) is 5.92 Å². The first-order valence-electron chi connectivity index (χ1n) is 8.68. The number of methoxy groups -OCH3 is 1. The van der Waals surface area contributed by atoms with Crippen LogP contribution in [0.5, 0.6) is 11.5 Å². The number of carbonyl (C=O) groups is 1. The third kappa shape index (κ3) is 3.62. The van der Waals surface area contributed by atoms with E-state index in [1.54, 1.807) is 19.4 Å². The number of para-hydroxylation sites is 1. The van der Waals surface area contributed by atoms with Crippen LogP contribution < -0.4 is 14.8 Å². The molecule has 0 radical (unpaired) electrons. The first-order valence-corrected chi connectivity index (χ1v) is 8.68. The van der Waals surface area contributed by atoms with E-state index in [0.29, 0.717) is 30.2 Å². The topological polar surface area (TPSA) is 86.5 Å². The van der Waals surface area contributed by atoms with Gasteiger partial charge in [0.15, 0.2) is 17.3 Å². The van der Waals surface area contributed by atoms with E-state index in [9.17, 15) is 4.79 Å². The molecule has 7 nitrogen and oxygen atoms in total. The van der Waals surface area contributed by atoms with Gasteiger partial charge in [0, 0.05) is 12.3 Å². The first kappa shape index (κ1) is 17.1. The lowest BCUT2D eigenvalue weighted by molar-refractivity contribution is -0.126. The number of nitrogens with one attached hydrogen (secondary N) is 1. The Morgan fingerprint density at radius 2 is 2.19 bits per heavy atom. The van der Waals surface area contributed by atoms with Crippen molar-refractivity contribution in [3.63, 3.8) is 0 Å². The molecular formula is C20H19N3O4. The molecule has 1 N–H and O–H groups in total. The van der Waals surface area contributed by atoms with Crippen LogP contribution in [0.15, 0.2) is 53.2 Å². The van der Waals surface area contributed by atoms with Gasteiger partial charge < -0.3 is 19.3 Å². The Kier molecular flexibility index (Phi) is 4.74. The van der Waals surface area contributed by atoms with Crippen LogP contribution in [-0.4, -0.2) is 29.8 Å². The van der Waals surface area contributed by atoms with Crippen LogP contribution in [0.1, 0.15) is 11.3 Å². The van der Waals surface area contributed by atoms with Crippen molar-refractivity contribution >= 4 is 5.91 Å². The van der Waals surface area contributed by atoms with E-state index in [4.69, 9.17) is 14.0 Å². The van der Waals surface area contributed by atoms with Crippen molar-refractivity contribution in [3.05, 3.63) is 60.0 Å². The zero-order valence-electron chi connectivity index (χ0n) is 14.8. The van der Waals surface area contributed by atoms with Crippen LogP contribution in [0.2, 0.25) is 0 Å². The van der Waals surface area contributed by atoms with Gasteiger partial charge >= 0.3 is 0 Å². The highest BCUT2D eigenvalue weighted by atomic mass is 16.5. The molecule has 27 heavy (non-hydrogen) atoms.